The van der Waals surface area contributed by atoms with Crippen molar-refractivity contribution in [3.05, 3.63) is 0 Å². The fourth-order valence-corrected chi connectivity index (χ4v) is 1.67. The quantitative estimate of drug-likeness (QED) is 0.484. The largest absolute Gasteiger partial charge is 0.353 e. The molecule has 0 aromatic rings. The van der Waals surface area contributed by atoms with E-state index < -0.39 is 0 Å². The van der Waals surface area contributed by atoms with E-state index in [1.807, 2.05) is 13.8 Å². The summed E-state index contributed by atoms with van der Waals surface area (Å²) in [4.78, 5) is 9.66. The Kier molecular flexibility index (Phi) is 7.45. The molecule has 0 heterocycles. The van der Waals surface area contributed by atoms with Crippen LogP contribution in [-0.2, 0) is 14.3 Å². The van der Waals surface area contributed by atoms with Gasteiger partial charge in [0.2, 0.25) is 0 Å². The lowest BCUT2D eigenvalue weighted by Crippen LogP contribution is -2.17. The molecule has 0 aliphatic heterocycles. The van der Waals surface area contributed by atoms with Crippen molar-refractivity contribution in [2.45, 2.75) is 58.7 Å². The van der Waals surface area contributed by atoms with Gasteiger partial charge in [0, 0.05) is 26.1 Å². The number of hydrogen-bond donors (Lipinski definition) is 0. The molecule has 3 nitrogen and oxygen atoms in total. The van der Waals surface area contributed by atoms with Crippen LogP contribution in [0.5, 0.6) is 0 Å². The Morgan fingerprint density at radius 3 is 1.88 bits per heavy atom. The van der Waals surface area contributed by atoms with E-state index in [2.05, 4.69) is 0 Å². The third-order valence-corrected chi connectivity index (χ3v) is 3.05. The van der Waals surface area contributed by atoms with Crippen molar-refractivity contribution >= 4 is 6.29 Å². The fourth-order valence-electron chi connectivity index (χ4n) is 1.67. The van der Waals surface area contributed by atoms with Crippen molar-refractivity contribution in [1.82, 2.24) is 0 Å². The third kappa shape index (κ3) is 8.33. The van der Waals surface area contributed by atoms with E-state index in [0.717, 1.165) is 44.2 Å². The van der Waals surface area contributed by atoms with Crippen LogP contribution < -0.4 is 0 Å². The van der Waals surface area contributed by atoms with Crippen LogP contribution >= 0.6 is 0 Å². The highest BCUT2D eigenvalue weighted by molar-refractivity contribution is 5.50. The first-order chi connectivity index (χ1) is 8.30. The van der Waals surface area contributed by atoms with Crippen LogP contribution in [0.15, 0.2) is 0 Å². The summed E-state index contributed by atoms with van der Waals surface area (Å²) in [7, 11) is 0. The highest BCUT2D eigenvalue weighted by Crippen LogP contribution is 2.34. The zero-order valence-electron chi connectivity index (χ0n) is 11.2. The molecular weight excluding hydrogens is 216 g/mol. The molecule has 0 amide bonds. The molecule has 100 valence electrons. The van der Waals surface area contributed by atoms with Gasteiger partial charge in [-0.1, -0.05) is 0 Å². The molecule has 0 bridgehead atoms. The molecule has 0 spiro atoms. The average Bonchev–Trinajstić information content (AvgIpc) is 3.15. The average molecular weight is 242 g/mol. The molecule has 2 rings (SSSR count). The second kappa shape index (κ2) is 8.65. The number of hydrogen-bond acceptors (Lipinski definition) is 3. The smallest absolute Gasteiger partial charge is 0.157 e. The molecule has 0 aromatic carbocycles. The van der Waals surface area contributed by atoms with Crippen molar-refractivity contribution in [2.24, 2.45) is 11.8 Å². The lowest BCUT2D eigenvalue weighted by atomic mass is 10.3. The van der Waals surface area contributed by atoms with Crippen molar-refractivity contribution < 1.29 is 14.3 Å². The highest BCUT2D eigenvalue weighted by atomic mass is 16.7. The monoisotopic (exact) mass is 242 g/mol. The summed E-state index contributed by atoms with van der Waals surface area (Å²) in [5, 5.41) is 0. The van der Waals surface area contributed by atoms with Gasteiger partial charge in [0.15, 0.2) is 6.29 Å². The Morgan fingerprint density at radius 2 is 1.59 bits per heavy atom. The molecular formula is C14H26O3. The molecule has 0 aromatic heterocycles. The van der Waals surface area contributed by atoms with E-state index >= 15 is 0 Å². The van der Waals surface area contributed by atoms with E-state index in [9.17, 15) is 4.79 Å². The van der Waals surface area contributed by atoms with E-state index in [1.54, 1.807) is 0 Å². The predicted molar refractivity (Wildman–Crippen MR) is 67.8 cm³/mol. The number of carbonyl (C=O) groups excluding carboxylic acids is 1. The fraction of sp³-hybridized carbons (Fsp3) is 0.929. The van der Waals surface area contributed by atoms with Crippen LogP contribution in [0.3, 0.4) is 0 Å². The topological polar surface area (TPSA) is 35.5 Å². The van der Waals surface area contributed by atoms with Crippen molar-refractivity contribution in [3.63, 3.8) is 0 Å². The maximum absolute atomic E-state index is 9.66. The van der Waals surface area contributed by atoms with Gasteiger partial charge in [-0.2, -0.15) is 0 Å². The predicted octanol–water partition coefficient (Wildman–Crippen LogP) is 3.17. The summed E-state index contributed by atoms with van der Waals surface area (Å²) < 4.78 is 10.8. The van der Waals surface area contributed by atoms with Crippen LogP contribution in [0, 0.1) is 11.8 Å². The Labute approximate surface area is 105 Å². The molecule has 2 aliphatic rings. The molecule has 0 saturated heterocycles. The molecule has 0 unspecified atom stereocenters. The van der Waals surface area contributed by atoms with E-state index in [1.165, 1.54) is 25.7 Å². The lowest BCUT2D eigenvalue weighted by Gasteiger charge is -2.15. The molecule has 2 saturated carbocycles. The van der Waals surface area contributed by atoms with Gasteiger partial charge in [-0.15, -0.1) is 0 Å². The number of ether oxygens (including phenoxy) is 2. The summed E-state index contributed by atoms with van der Waals surface area (Å²) in [5.74, 6) is 1.67. The SMILES string of the molecule is CCOC(CC1CC1)OCC.O=CCC1CC1. The Hall–Kier alpha value is -0.410. The standard InChI is InChI=1S/C9H18O2.C5H8O/c1-3-10-9(11-4-2)7-8-5-6-8;6-4-3-5-1-2-5/h8-9H,3-7H2,1-2H3;4-5H,1-3H2. The maximum Gasteiger partial charge on any atom is 0.157 e. The number of carbonyl (C=O) groups is 1. The number of aldehydes is 1. The van der Waals surface area contributed by atoms with Crippen molar-refractivity contribution in [2.75, 3.05) is 13.2 Å². The van der Waals surface area contributed by atoms with Gasteiger partial charge in [-0.3, -0.25) is 0 Å². The first-order valence-electron chi connectivity index (χ1n) is 6.96. The molecule has 3 heteroatoms. The van der Waals surface area contributed by atoms with Gasteiger partial charge in [-0.05, 0) is 51.4 Å². The maximum atomic E-state index is 9.66. The molecule has 0 radical (unpaired) electrons. The number of rotatable bonds is 8. The molecule has 2 fully saturated rings. The summed E-state index contributed by atoms with van der Waals surface area (Å²) in [5.41, 5.74) is 0. The van der Waals surface area contributed by atoms with Gasteiger partial charge in [0.1, 0.15) is 6.29 Å². The van der Waals surface area contributed by atoms with E-state index in [-0.39, 0.29) is 6.29 Å². The van der Waals surface area contributed by atoms with Gasteiger partial charge < -0.3 is 14.3 Å². The van der Waals surface area contributed by atoms with E-state index in [0.29, 0.717) is 0 Å². The van der Waals surface area contributed by atoms with Crippen LogP contribution in [0.1, 0.15) is 52.4 Å². The van der Waals surface area contributed by atoms with Gasteiger partial charge in [-0.25, -0.2) is 0 Å². The Morgan fingerprint density at radius 1 is 1.06 bits per heavy atom. The van der Waals surface area contributed by atoms with Crippen molar-refractivity contribution in [3.8, 4) is 0 Å². The second-order valence-corrected chi connectivity index (χ2v) is 4.87. The molecule has 17 heavy (non-hydrogen) atoms. The van der Waals surface area contributed by atoms with E-state index in [4.69, 9.17) is 9.47 Å². The van der Waals surface area contributed by atoms with Crippen molar-refractivity contribution in [1.29, 1.82) is 0 Å². The van der Waals surface area contributed by atoms with Crippen LogP contribution in [0.4, 0.5) is 0 Å². The summed E-state index contributed by atoms with van der Waals surface area (Å²) in [6.07, 6.45) is 8.31. The van der Waals surface area contributed by atoms with Crippen LogP contribution in [0.2, 0.25) is 0 Å². The highest BCUT2D eigenvalue weighted by Gasteiger charge is 2.25. The minimum absolute atomic E-state index is 0.0671. The van der Waals surface area contributed by atoms with Gasteiger partial charge >= 0.3 is 0 Å². The molecule has 0 atom stereocenters. The minimum atomic E-state index is 0.0671. The lowest BCUT2D eigenvalue weighted by molar-refractivity contribution is -0.141. The van der Waals surface area contributed by atoms with Gasteiger partial charge in [0.05, 0.1) is 0 Å². The first-order valence-corrected chi connectivity index (χ1v) is 6.96. The zero-order valence-corrected chi connectivity index (χ0v) is 11.2. The minimum Gasteiger partial charge on any atom is -0.353 e. The third-order valence-electron chi connectivity index (χ3n) is 3.05. The van der Waals surface area contributed by atoms with Crippen LogP contribution in [-0.4, -0.2) is 25.8 Å². The Bertz CT molecular complexity index is 192. The normalized spacial score (nSPS) is 18.8. The van der Waals surface area contributed by atoms with Crippen LogP contribution in [0.25, 0.3) is 0 Å². The first kappa shape index (κ1) is 14.7. The summed E-state index contributed by atoms with van der Waals surface area (Å²) in [6, 6.07) is 0. The second-order valence-electron chi connectivity index (χ2n) is 4.87. The summed E-state index contributed by atoms with van der Waals surface area (Å²) in [6.45, 7) is 5.55. The Balaban J connectivity index is 0.000000202. The zero-order chi connectivity index (χ0) is 12.5. The molecule has 0 N–H and O–H groups in total. The van der Waals surface area contributed by atoms with Gasteiger partial charge in [0.25, 0.3) is 0 Å². The summed E-state index contributed by atoms with van der Waals surface area (Å²) >= 11 is 0. The molecule has 2 aliphatic carbocycles.